The molecule has 1 aliphatic heterocycles. The molecule has 0 spiro atoms. The van der Waals surface area contributed by atoms with Crippen molar-refractivity contribution in [3.8, 4) is 0 Å². The van der Waals surface area contributed by atoms with Crippen molar-refractivity contribution in [2.24, 2.45) is 0 Å². The van der Waals surface area contributed by atoms with Crippen LogP contribution < -0.4 is 5.32 Å². The first-order valence-electron chi connectivity index (χ1n) is 8.27. The summed E-state index contributed by atoms with van der Waals surface area (Å²) in [6.07, 6.45) is 2.71. The van der Waals surface area contributed by atoms with E-state index >= 15 is 0 Å². The zero-order chi connectivity index (χ0) is 18.6. The predicted molar refractivity (Wildman–Crippen MR) is 92.7 cm³/mol. The van der Waals surface area contributed by atoms with Crippen LogP contribution in [0.3, 0.4) is 0 Å². The van der Waals surface area contributed by atoms with Gasteiger partial charge in [-0.1, -0.05) is 12.5 Å². The van der Waals surface area contributed by atoms with Crippen LogP contribution in [0.4, 0.5) is 0 Å². The van der Waals surface area contributed by atoms with E-state index in [-0.39, 0.29) is 10.5 Å². The standard InChI is InChI=1S/C17H24N2O5S/c1-12-7-8-14(16(20)18-13(2)17(21)24-3)11-15(12)25(22,23)19-9-5-4-6-10-19/h7-8,11,13H,4-6,9-10H2,1-3H3,(H,18,20)/t13-/m0/s1. The van der Waals surface area contributed by atoms with E-state index in [1.807, 2.05) is 0 Å². The maximum Gasteiger partial charge on any atom is 0.328 e. The summed E-state index contributed by atoms with van der Waals surface area (Å²) in [6, 6.07) is 3.71. The largest absolute Gasteiger partial charge is 0.467 e. The highest BCUT2D eigenvalue weighted by Crippen LogP contribution is 2.24. The molecule has 138 valence electrons. The van der Waals surface area contributed by atoms with Gasteiger partial charge in [-0.2, -0.15) is 4.31 Å². The van der Waals surface area contributed by atoms with E-state index in [1.54, 1.807) is 19.1 Å². The van der Waals surface area contributed by atoms with Crippen LogP contribution in [0.1, 0.15) is 42.1 Å². The fraction of sp³-hybridized carbons (Fsp3) is 0.529. The number of ether oxygens (including phenoxy) is 1. The van der Waals surface area contributed by atoms with Gasteiger partial charge >= 0.3 is 5.97 Å². The third kappa shape index (κ3) is 4.38. The molecule has 1 atom stereocenters. The molecule has 8 heteroatoms. The van der Waals surface area contributed by atoms with Crippen LogP contribution in [0.25, 0.3) is 0 Å². The Bertz CT molecular complexity index is 754. The number of methoxy groups -OCH3 is 1. The van der Waals surface area contributed by atoms with Gasteiger partial charge in [0, 0.05) is 18.7 Å². The summed E-state index contributed by atoms with van der Waals surface area (Å²) in [5, 5.41) is 2.50. The van der Waals surface area contributed by atoms with Crippen LogP contribution in [-0.4, -0.2) is 50.8 Å². The van der Waals surface area contributed by atoms with E-state index in [2.05, 4.69) is 10.1 Å². The first-order valence-corrected chi connectivity index (χ1v) is 9.71. The van der Waals surface area contributed by atoms with Crippen molar-refractivity contribution in [3.05, 3.63) is 29.3 Å². The molecule has 0 radical (unpaired) electrons. The molecule has 0 unspecified atom stereocenters. The van der Waals surface area contributed by atoms with Gasteiger partial charge in [-0.3, -0.25) is 4.79 Å². The van der Waals surface area contributed by atoms with Gasteiger partial charge in [-0.05, 0) is 44.4 Å². The number of esters is 1. The fourth-order valence-corrected chi connectivity index (χ4v) is 4.55. The molecule has 0 aromatic heterocycles. The Kier molecular flexibility index (Phi) is 6.18. The number of hydrogen-bond acceptors (Lipinski definition) is 5. The number of aryl methyl sites for hydroxylation is 1. The zero-order valence-electron chi connectivity index (χ0n) is 14.7. The molecule has 1 heterocycles. The Hall–Kier alpha value is -1.93. The van der Waals surface area contributed by atoms with Crippen LogP contribution in [0.15, 0.2) is 23.1 Å². The molecule has 25 heavy (non-hydrogen) atoms. The normalized spacial score (nSPS) is 16.9. The Morgan fingerprint density at radius 3 is 2.44 bits per heavy atom. The van der Waals surface area contributed by atoms with Gasteiger partial charge in [0.1, 0.15) is 6.04 Å². The lowest BCUT2D eigenvalue weighted by molar-refractivity contribution is -0.142. The van der Waals surface area contributed by atoms with Gasteiger partial charge in [0.15, 0.2) is 0 Å². The number of hydrogen-bond donors (Lipinski definition) is 1. The highest BCUT2D eigenvalue weighted by Gasteiger charge is 2.28. The molecular weight excluding hydrogens is 344 g/mol. The molecule has 7 nitrogen and oxygen atoms in total. The van der Waals surface area contributed by atoms with E-state index in [1.165, 1.54) is 24.4 Å². The summed E-state index contributed by atoms with van der Waals surface area (Å²) in [5.74, 6) is -1.09. The van der Waals surface area contributed by atoms with Crippen molar-refractivity contribution < 1.29 is 22.7 Å². The molecule has 1 amide bonds. The molecule has 1 aliphatic rings. The number of carbonyl (C=O) groups is 2. The molecular formula is C17H24N2O5S. The van der Waals surface area contributed by atoms with E-state index in [0.717, 1.165) is 19.3 Å². The summed E-state index contributed by atoms with van der Waals surface area (Å²) in [6.45, 7) is 4.20. The number of carbonyl (C=O) groups excluding carboxylic acids is 2. The molecule has 1 aromatic carbocycles. The number of benzene rings is 1. The van der Waals surface area contributed by atoms with Crippen LogP contribution in [0.5, 0.6) is 0 Å². The maximum absolute atomic E-state index is 12.9. The van der Waals surface area contributed by atoms with E-state index in [9.17, 15) is 18.0 Å². The third-order valence-electron chi connectivity index (χ3n) is 4.29. The number of rotatable bonds is 5. The van der Waals surface area contributed by atoms with Crippen molar-refractivity contribution >= 4 is 21.9 Å². The average molecular weight is 368 g/mol. The van der Waals surface area contributed by atoms with Gasteiger partial charge in [0.05, 0.1) is 12.0 Å². The minimum absolute atomic E-state index is 0.132. The van der Waals surface area contributed by atoms with Crippen molar-refractivity contribution in [2.75, 3.05) is 20.2 Å². The number of amides is 1. The van der Waals surface area contributed by atoms with Crippen molar-refractivity contribution in [1.82, 2.24) is 9.62 Å². The second-order valence-corrected chi connectivity index (χ2v) is 8.07. The van der Waals surface area contributed by atoms with Gasteiger partial charge in [0.2, 0.25) is 10.0 Å². The molecule has 1 fully saturated rings. The minimum atomic E-state index is -3.64. The van der Waals surface area contributed by atoms with Crippen LogP contribution in [0, 0.1) is 6.92 Å². The van der Waals surface area contributed by atoms with Gasteiger partial charge < -0.3 is 10.1 Å². The van der Waals surface area contributed by atoms with Crippen LogP contribution in [0.2, 0.25) is 0 Å². The van der Waals surface area contributed by atoms with Gasteiger partial charge in [0.25, 0.3) is 5.91 Å². The van der Waals surface area contributed by atoms with Crippen molar-refractivity contribution in [1.29, 1.82) is 0 Å². The van der Waals surface area contributed by atoms with E-state index < -0.39 is 27.9 Å². The lowest BCUT2D eigenvalue weighted by atomic mass is 10.1. The number of sulfonamides is 1. The molecule has 0 saturated carbocycles. The van der Waals surface area contributed by atoms with Crippen LogP contribution in [-0.2, 0) is 19.6 Å². The summed E-state index contributed by atoms with van der Waals surface area (Å²) in [5.41, 5.74) is 0.778. The number of piperidine rings is 1. The topological polar surface area (TPSA) is 92.8 Å². The maximum atomic E-state index is 12.9. The van der Waals surface area contributed by atoms with Gasteiger partial charge in [-0.15, -0.1) is 0 Å². The Balaban J connectivity index is 2.28. The van der Waals surface area contributed by atoms with E-state index in [4.69, 9.17) is 0 Å². The lowest BCUT2D eigenvalue weighted by Crippen LogP contribution is -2.39. The summed E-state index contributed by atoms with van der Waals surface area (Å²) in [4.78, 5) is 23.9. The Labute approximate surface area is 148 Å². The Morgan fingerprint density at radius 1 is 1.20 bits per heavy atom. The quantitative estimate of drug-likeness (QED) is 0.795. The van der Waals surface area contributed by atoms with Crippen LogP contribution >= 0.6 is 0 Å². The molecule has 2 rings (SSSR count). The first-order chi connectivity index (χ1) is 11.8. The van der Waals surface area contributed by atoms with Gasteiger partial charge in [-0.25, -0.2) is 13.2 Å². The molecule has 0 bridgehead atoms. The van der Waals surface area contributed by atoms with Crippen molar-refractivity contribution in [2.45, 2.75) is 44.0 Å². The minimum Gasteiger partial charge on any atom is -0.467 e. The first kappa shape index (κ1) is 19.4. The summed E-state index contributed by atoms with van der Waals surface area (Å²) in [7, 11) is -2.40. The highest BCUT2D eigenvalue weighted by atomic mass is 32.2. The molecule has 0 aliphatic carbocycles. The molecule has 1 aromatic rings. The zero-order valence-corrected chi connectivity index (χ0v) is 15.6. The summed E-state index contributed by atoms with van der Waals surface area (Å²) < 4.78 is 31.8. The SMILES string of the molecule is COC(=O)[C@H](C)NC(=O)c1ccc(C)c(S(=O)(=O)N2CCCCC2)c1. The number of nitrogens with zero attached hydrogens (tertiary/aromatic N) is 1. The average Bonchev–Trinajstić information content (AvgIpc) is 2.61. The summed E-state index contributed by atoms with van der Waals surface area (Å²) >= 11 is 0. The molecule has 1 N–H and O–H groups in total. The second-order valence-electron chi connectivity index (χ2n) is 6.16. The third-order valence-corrected chi connectivity index (χ3v) is 6.33. The van der Waals surface area contributed by atoms with Crippen molar-refractivity contribution in [3.63, 3.8) is 0 Å². The highest BCUT2D eigenvalue weighted by molar-refractivity contribution is 7.89. The Morgan fingerprint density at radius 2 is 1.84 bits per heavy atom. The lowest BCUT2D eigenvalue weighted by Gasteiger charge is -2.26. The number of nitrogens with one attached hydrogen (secondary N) is 1. The smallest absolute Gasteiger partial charge is 0.328 e. The second kappa shape index (κ2) is 7.97. The fourth-order valence-electron chi connectivity index (χ4n) is 2.78. The predicted octanol–water partition coefficient (Wildman–Crippen LogP) is 1.46. The molecule has 1 saturated heterocycles. The monoisotopic (exact) mass is 368 g/mol. The van der Waals surface area contributed by atoms with E-state index in [0.29, 0.717) is 18.7 Å².